The highest BCUT2D eigenvalue weighted by Gasteiger charge is 2.30. The van der Waals surface area contributed by atoms with Crippen LogP contribution in [-0.2, 0) is 65.4 Å². The summed E-state index contributed by atoms with van der Waals surface area (Å²) in [6.07, 6.45) is 55.4. The maximum Gasteiger partial charge on any atom is 0.472 e. The highest BCUT2D eigenvalue weighted by molar-refractivity contribution is 7.47. The van der Waals surface area contributed by atoms with E-state index in [0.717, 1.165) is 95.8 Å². The van der Waals surface area contributed by atoms with Crippen LogP contribution in [-0.4, -0.2) is 96.7 Å². The number of phosphoric acid groups is 2. The number of hydrogen-bond donors (Lipinski definition) is 3. The molecule has 0 aromatic rings. The molecule has 0 aliphatic rings. The van der Waals surface area contributed by atoms with Crippen LogP contribution in [0.4, 0.5) is 0 Å². The lowest BCUT2D eigenvalue weighted by atomic mass is 10.0. The second-order valence-electron chi connectivity index (χ2n) is 27.2. The molecule has 0 saturated carbocycles. The average molecular weight is 1370 g/mol. The van der Waals surface area contributed by atoms with Crippen molar-refractivity contribution in [3.05, 3.63) is 0 Å². The van der Waals surface area contributed by atoms with Crippen LogP contribution >= 0.6 is 15.6 Å². The van der Waals surface area contributed by atoms with Gasteiger partial charge in [0.2, 0.25) is 0 Å². The first-order chi connectivity index (χ1) is 45.0. The minimum Gasteiger partial charge on any atom is -0.462 e. The third kappa shape index (κ3) is 68.4. The summed E-state index contributed by atoms with van der Waals surface area (Å²) in [5.74, 6) is -1.34. The lowest BCUT2D eigenvalue weighted by molar-refractivity contribution is -0.161. The summed E-state index contributed by atoms with van der Waals surface area (Å²) in [5.41, 5.74) is 0. The molecule has 93 heavy (non-hydrogen) atoms. The number of esters is 4. The molecule has 0 saturated heterocycles. The molecule has 3 N–H and O–H groups in total. The number of ether oxygens (including phenoxy) is 4. The Morgan fingerprint density at radius 3 is 0.731 bits per heavy atom. The van der Waals surface area contributed by atoms with Crippen LogP contribution in [0, 0.1) is 5.92 Å². The van der Waals surface area contributed by atoms with Gasteiger partial charge >= 0.3 is 39.5 Å². The number of hydrogen-bond acceptors (Lipinski definition) is 15. The van der Waals surface area contributed by atoms with Gasteiger partial charge < -0.3 is 33.8 Å². The standard InChI is InChI=1S/C74H144O17P2/c1-6-9-12-15-18-21-24-25-26-27-28-29-30-34-40-45-50-55-60-74(79)91-70(64-85-72(77)58-53-48-43-38-35-31-33-36-41-46-51-56-67(4)5)66-89-93(82,83)87-62-68(75)61-86-92(80,81)88-65-69(63-84-71(76)57-52-47-42-37-23-20-17-14-11-8-3)90-73(78)59-54-49-44-39-32-22-19-16-13-10-7-2/h67-70,75H,6-66H2,1-5H3,(H,80,81)(H,82,83)/t68-,69+,70+/m0/s1. The van der Waals surface area contributed by atoms with Crippen LogP contribution in [0.25, 0.3) is 0 Å². The van der Waals surface area contributed by atoms with Gasteiger partial charge in [0.1, 0.15) is 19.3 Å². The molecular formula is C74H144O17P2. The van der Waals surface area contributed by atoms with Crippen molar-refractivity contribution < 1.29 is 80.2 Å². The largest absolute Gasteiger partial charge is 0.472 e. The fourth-order valence-electron chi connectivity index (χ4n) is 11.4. The van der Waals surface area contributed by atoms with Crippen molar-refractivity contribution in [1.29, 1.82) is 0 Å². The summed E-state index contributed by atoms with van der Waals surface area (Å²) in [4.78, 5) is 72.7. The second-order valence-corrected chi connectivity index (χ2v) is 30.1. The number of carbonyl (C=O) groups excluding carboxylic acids is 4. The Labute approximate surface area is 568 Å². The number of aliphatic hydroxyl groups excluding tert-OH is 1. The zero-order valence-corrected chi connectivity index (χ0v) is 62.2. The summed E-state index contributed by atoms with van der Waals surface area (Å²) in [6.45, 7) is 7.27. The van der Waals surface area contributed by atoms with Crippen molar-refractivity contribution in [2.45, 2.75) is 406 Å². The van der Waals surface area contributed by atoms with Gasteiger partial charge in [0.15, 0.2) is 12.2 Å². The molecule has 0 aliphatic heterocycles. The monoisotopic (exact) mass is 1370 g/mol. The predicted octanol–water partition coefficient (Wildman–Crippen LogP) is 21.7. The number of carbonyl (C=O) groups is 4. The second kappa shape index (κ2) is 67.3. The highest BCUT2D eigenvalue weighted by Crippen LogP contribution is 2.45. The van der Waals surface area contributed by atoms with Gasteiger partial charge in [-0.05, 0) is 31.6 Å². The van der Waals surface area contributed by atoms with Crippen LogP contribution in [0.15, 0.2) is 0 Å². The minimum atomic E-state index is -4.95. The maximum atomic E-state index is 13.1. The molecule has 17 nitrogen and oxygen atoms in total. The molecule has 0 radical (unpaired) electrons. The van der Waals surface area contributed by atoms with Gasteiger partial charge in [0.25, 0.3) is 0 Å². The van der Waals surface area contributed by atoms with E-state index in [1.54, 1.807) is 0 Å². The first-order valence-corrected chi connectivity index (χ1v) is 41.6. The van der Waals surface area contributed by atoms with Crippen LogP contribution in [0.1, 0.15) is 388 Å². The van der Waals surface area contributed by atoms with E-state index in [1.807, 2.05) is 0 Å². The van der Waals surface area contributed by atoms with Crippen LogP contribution in [0.2, 0.25) is 0 Å². The number of phosphoric ester groups is 2. The van der Waals surface area contributed by atoms with Crippen LogP contribution in [0.5, 0.6) is 0 Å². The molecule has 19 heteroatoms. The quantitative estimate of drug-likeness (QED) is 0.0222. The molecule has 552 valence electrons. The summed E-state index contributed by atoms with van der Waals surface area (Å²) in [5, 5.41) is 10.6. The molecule has 0 spiro atoms. The Morgan fingerprint density at radius 1 is 0.290 bits per heavy atom. The molecule has 5 atom stereocenters. The summed E-state index contributed by atoms with van der Waals surface area (Å²) >= 11 is 0. The molecular weight excluding hydrogens is 1220 g/mol. The van der Waals surface area contributed by atoms with E-state index < -0.39 is 97.5 Å². The van der Waals surface area contributed by atoms with E-state index in [-0.39, 0.29) is 25.7 Å². The average Bonchev–Trinajstić information content (AvgIpc) is 2.13. The Balaban J connectivity index is 5.22. The lowest BCUT2D eigenvalue weighted by Gasteiger charge is -2.21. The molecule has 0 rings (SSSR count). The van der Waals surface area contributed by atoms with Crippen molar-refractivity contribution in [3.8, 4) is 0 Å². The number of unbranched alkanes of at least 4 members (excludes halogenated alkanes) is 46. The van der Waals surface area contributed by atoms with Gasteiger partial charge in [-0.1, -0.05) is 336 Å². The molecule has 0 bridgehead atoms. The Hall–Kier alpha value is -1.94. The van der Waals surface area contributed by atoms with E-state index in [9.17, 15) is 43.2 Å². The molecule has 2 unspecified atom stereocenters. The summed E-state index contributed by atoms with van der Waals surface area (Å²) in [7, 11) is -9.90. The molecule has 0 fully saturated rings. The predicted molar refractivity (Wildman–Crippen MR) is 377 cm³/mol. The van der Waals surface area contributed by atoms with Crippen molar-refractivity contribution in [1.82, 2.24) is 0 Å². The third-order valence-electron chi connectivity index (χ3n) is 17.3. The van der Waals surface area contributed by atoms with Crippen LogP contribution in [0.3, 0.4) is 0 Å². The van der Waals surface area contributed by atoms with E-state index in [4.69, 9.17) is 37.0 Å². The van der Waals surface area contributed by atoms with Gasteiger partial charge in [0.05, 0.1) is 26.4 Å². The maximum absolute atomic E-state index is 13.1. The fraction of sp³-hybridized carbons (Fsp3) is 0.946. The van der Waals surface area contributed by atoms with Gasteiger partial charge in [-0.3, -0.25) is 37.3 Å². The van der Waals surface area contributed by atoms with Crippen molar-refractivity contribution in [3.63, 3.8) is 0 Å². The van der Waals surface area contributed by atoms with E-state index in [2.05, 4.69) is 34.6 Å². The van der Waals surface area contributed by atoms with E-state index in [0.29, 0.717) is 25.7 Å². The van der Waals surface area contributed by atoms with Gasteiger partial charge in [-0.15, -0.1) is 0 Å². The summed E-state index contributed by atoms with van der Waals surface area (Å²) < 4.78 is 68.4. The van der Waals surface area contributed by atoms with E-state index >= 15 is 0 Å². The van der Waals surface area contributed by atoms with Crippen molar-refractivity contribution in [2.24, 2.45) is 5.92 Å². The smallest absolute Gasteiger partial charge is 0.462 e. The number of aliphatic hydroxyl groups is 1. The normalized spacial score (nSPS) is 14.0. The number of rotatable bonds is 74. The highest BCUT2D eigenvalue weighted by atomic mass is 31.2. The molecule has 0 amide bonds. The lowest BCUT2D eigenvalue weighted by Crippen LogP contribution is -2.30. The zero-order chi connectivity index (χ0) is 68.4. The van der Waals surface area contributed by atoms with Crippen molar-refractivity contribution >= 4 is 39.5 Å². The first-order valence-electron chi connectivity index (χ1n) is 38.6. The van der Waals surface area contributed by atoms with E-state index in [1.165, 1.54) is 212 Å². The Morgan fingerprint density at radius 2 is 0.495 bits per heavy atom. The van der Waals surface area contributed by atoms with Crippen LogP contribution < -0.4 is 0 Å². The minimum absolute atomic E-state index is 0.107. The Bertz CT molecular complexity index is 1790. The Kier molecular flexibility index (Phi) is 65.9. The molecule has 0 aromatic carbocycles. The van der Waals surface area contributed by atoms with Gasteiger partial charge in [-0.25, -0.2) is 9.13 Å². The van der Waals surface area contributed by atoms with Crippen molar-refractivity contribution in [2.75, 3.05) is 39.6 Å². The first kappa shape index (κ1) is 91.1. The third-order valence-corrected chi connectivity index (χ3v) is 19.2. The molecule has 0 aliphatic carbocycles. The SMILES string of the molecule is CCCCCCCCCCCCCCCCCCCCC(=O)O[C@H](COC(=O)CCCCCCCCCCCCCC(C)C)COP(=O)(O)OC[C@@H](O)COP(=O)(O)OC[C@@H](COC(=O)CCCCCCCCCCCC)OC(=O)CCCCCCCCCCCCC. The molecule has 0 aromatic heterocycles. The summed E-state index contributed by atoms with van der Waals surface area (Å²) in [6, 6.07) is 0. The fourth-order valence-corrected chi connectivity index (χ4v) is 12.9. The van der Waals surface area contributed by atoms with Gasteiger partial charge in [-0.2, -0.15) is 0 Å². The van der Waals surface area contributed by atoms with Gasteiger partial charge in [0, 0.05) is 25.7 Å². The zero-order valence-electron chi connectivity index (χ0n) is 60.4. The molecule has 0 heterocycles. The topological polar surface area (TPSA) is 237 Å².